The van der Waals surface area contributed by atoms with E-state index in [2.05, 4.69) is 13.8 Å². The van der Waals surface area contributed by atoms with Gasteiger partial charge in [0.2, 0.25) is 0 Å². The summed E-state index contributed by atoms with van der Waals surface area (Å²) in [6.07, 6.45) is 1.07. The van der Waals surface area contributed by atoms with Gasteiger partial charge in [0.25, 0.3) is 0 Å². The maximum absolute atomic E-state index is 10.7. The van der Waals surface area contributed by atoms with E-state index >= 15 is 0 Å². The molecule has 0 radical (unpaired) electrons. The first-order valence-electron chi connectivity index (χ1n) is 4.18. The first kappa shape index (κ1) is 9.52. The fourth-order valence-electron chi connectivity index (χ4n) is 1.65. The molecular formula is C9H16O3. The lowest BCUT2D eigenvalue weighted by molar-refractivity contribution is -0.195. The summed E-state index contributed by atoms with van der Waals surface area (Å²) in [6, 6.07) is 0. The van der Waals surface area contributed by atoms with Crippen LogP contribution < -0.4 is 0 Å². The summed E-state index contributed by atoms with van der Waals surface area (Å²) in [5.74, 6) is -0.206. The molecular weight excluding hydrogens is 156 g/mol. The Kier molecular flexibility index (Phi) is 2.42. The molecule has 0 N–H and O–H groups in total. The maximum Gasteiger partial charge on any atom is 0.302 e. The third-order valence-electron chi connectivity index (χ3n) is 2.68. The van der Waals surface area contributed by atoms with Crippen molar-refractivity contribution in [3.8, 4) is 0 Å². The summed E-state index contributed by atoms with van der Waals surface area (Å²) in [7, 11) is 1.69. The zero-order valence-electron chi connectivity index (χ0n) is 8.09. The number of methoxy groups -OCH3 is 1. The molecule has 2 unspecified atom stereocenters. The normalized spacial score (nSPS) is 32.3. The van der Waals surface area contributed by atoms with Gasteiger partial charge in [-0.2, -0.15) is 0 Å². The molecule has 0 aromatic rings. The zero-order chi connectivity index (χ0) is 9.35. The highest BCUT2D eigenvalue weighted by Crippen LogP contribution is 2.44. The summed E-state index contributed by atoms with van der Waals surface area (Å²) >= 11 is 0. The molecule has 1 rings (SSSR count). The van der Waals surface area contributed by atoms with Crippen molar-refractivity contribution in [2.24, 2.45) is 5.41 Å². The molecule has 0 amide bonds. The molecule has 70 valence electrons. The first-order valence-corrected chi connectivity index (χ1v) is 4.18. The van der Waals surface area contributed by atoms with E-state index in [1.165, 1.54) is 6.92 Å². The van der Waals surface area contributed by atoms with Gasteiger partial charge in [0, 0.05) is 25.9 Å². The Morgan fingerprint density at radius 1 is 1.42 bits per heavy atom. The second kappa shape index (κ2) is 3.05. The fraction of sp³-hybridized carbons (Fsp3) is 0.889. The molecule has 1 aliphatic rings. The van der Waals surface area contributed by atoms with Crippen molar-refractivity contribution in [1.82, 2.24) is 0 Å². The smallest absolute Gasteiger partial charge is 0.302 e. The largest absolute Gasteiger partial charge is 0.462 e. The van der Waals surface area contributed by atoms with E-state index in [4.69, 9.17) is 9.47 Å². The lowest BCUT2D eigenvalue weighted by atomic mass is 9.66. The summed E-state index contributed by atoms with van der Waals surface area (Å²) in [4.78, 5) is 10.7. The van der Waals surface area contributed by atoms with Gasteiger partial charge in [-0.15, -0.1) is 0 Å². The van der Waals surface area contributed by atoms with Gasteiger partial charge in [-0.05, 0) is 0 Å². The van der Waals surface area contributed by atoms with Crippen LogP contribution in [0.25, 0.3) is 0 Å². The van der Waals surface area contributed by atoms with E-state index in [0.29, 0.717) is 0 Å². The predicted octanol–water partition coefficient (Wildman–Crippen LogP) is 1.36. The van der Waals surface area contributed by atoms with Crippen LogP contribution in [0.5, 0.6) is 0 Å². The number of rotatable bonds is 2. The topological polar surface area (TPSA) is 35.5 Å². The Hall–Kier alpha value is -0.570. The van der Waals surface area contributed by atoms with Crippen LogP contribution in [0.3, 0.4) is 0 Å². The van der Waals surface area contributed by atoms with Crippen LogP contribution in [-0.4, -0.2) is 25.3 Å². The van der Waals surface area contributed by atoms with E-state index in [9.17, 15) is 4.79 Å². The van der Waals surface area contributed by atoms with Gasteiger partial charge < -0.3 is 9.47 Å². The summed E-state index contributed by atoms with van der Waals surface area (Å²) in [5.41, 5.74) is -0.0274. The fourth-order valence-corrected chi connectivity index (χ4v) is 1.65. The van der Waals surface area contributed by atoms with Crippen LogP contribution in [0.1, 0.15) is 27.2 Å². The van der Waals surface area contributed by atoms with Gasteiger partial charge in [0.1, 0.15) is 6.10 Å². The van der Waals surface area contributed by atoms with Crippen molar-refractivity contribution in [3.63, 3.8) is 0 Å². The van der Waals surface area contributed by atoms with Crippen LogP contribution in [-0.2, 0) is 14.3 Å². The summed E-state index contributed by atoms with van der Waals surface area (Å²) < 4.78 is 10.3. The van der Waals surface area contributed by atoms with Crippen molar-refractivity contribution in [2.75, 3.05) is 7.11 Å². The molecule has 0 aliphatic heterocycles. The molecule has 0 saturated heterocycles. The van der Waals surface area contributed by atoms with Crippen molar-refractivity contribution < 1.29 is 14.3 Å². The zero-order valence-corrected chi connectivity index (χ0v) is 8.09. The van der Waals surface area contributed by atoms with Crippen LogP contribution in [0.2, 0.25) is 0 Å². The molecule has 0 aromatic carbocycles. The van der Waals surface area contributed by atoms with Crippen LogP contribution in [0.15, 0.2) is 0 Å². The molecule has 0 spiro atoms. The molecule has 0 bridgehead atoms. The predicted molar refractivity (Wildman–Crippen MR) is 44.7 cm³/mol. The number of carbonyl (C=O) groups excluding carboxylic acids is 1. The lowest BCUT2D eigenvalue weighted by Crippen LogP contribution is -2.55. The second-order valence-electron chi connectivity index (χ2n) is 3.88. The summed E-state index contributed by atoms with van der Waals surface area (Å²) in [5, 5.41) is 0. The van der Waals surface area contributed by atoms with E-state index in [1.807, 2.05) is 0 Å². The third kappa shape index (κ3) is 1.46. The quantitative estimate of drug-likeness (QED) is 0.590. The second-order valence-corrected chi connectivity index (χ2v) is 3.88. The molecule has 3 heteroatoms. The average molecular weight is 172 g/mol. The molecule has 1 fully saturated rings. The molecule has 0 aromatic heterocycles. The van der Waals surface area contributed by atoms with Gasteiger partial charge in [0.05, 0.1) is 6.10 Å². The minimum absolute atomic E-state index is 0.0274. The highest BCUT2D eigenvalue weighted by atomic mass is 16.6. The molecule has 1 saturated carbocycles. The Morgan fingerprint density at radius 3 is 2.33 bits per heavy atom. The molecule has 3 nitrogen and oxygen atoms in total. The van der Waals surface area contributed by atoms with Crippen LogP contribution >= 0.6 is 0 Å². The highest BCUT2D eigenvalue weighted by molar-refractivity contribution is 5.66. The molecule has 12 heavy (non-hydrogen) atoms. The minimum Gasteiger partial charge on any atom is -0.462 e. The Labute approximate surface area is 73.0 Å². The number of esters is 1. The number of ether oxygens (including phenoxy) is 2. The molecule has 0 heterocycles. The minimum atomic E-state index is -0.206. The molecule has 1 aliphatic carbocycles. The summed E-state index contributed by atoms with van der Waals surface area (Å²) in [6.45, 7) is 5.55. The standard InChI is InChI=1S/C9H16O3/c1-6(10)12-8-5-7(11-4)9(8,2)3/h7-8H,5H2,1-4H3. The number of hydrogen-bond acceptors (Lipinski definition) is 3. The monoisotopic (exact) mass is 172 g/mol. The van der Waals surface area contributed by atoms with Gasteiger partial charge >= 0.3 is 5.97 Å². The molecule has 2 atom stereocenters. The van der Waals surface area contributed by atoms with Crippen molar-refractivity contribution in [2.45, 2.75) is 39.4 Å². The van der Waals surface area contributed by atoms with Crippen molar-refractivity contribution in [3.05, 3.63) is 0 Å². The van der Waals surface area contributed by atoms with Gasteiger partial charge in [0.15, 0.2) is 0 Å². The van der Waals surface area contributed by atoms with Gasteiger partial charge in [-0.3, -0.25) is 4.79 Å². The first-order chi connectivity index (χ1) is 5.48. The Bertz CT molecular complexity index is 186. The third-order valence-corrected chi connectivity index (χ3v) is 2.68. The van der Waals surface area contributed by atoms with Gasteiger partial charge in [-0.25, -0.2) is 0 Å². The van der Waals surface area contributed by atoms with E-state index in [1.54, 1.807) is 7.11 Å². The van der Waals surface area contributed by atoms with Crippen molar-refractivity contribution >= 4 is 5.97 Å². The maximum atomic E-state index is 10.7. The SMILES string of the molecule is COC1CC(OC(C)=O)C1(C)C. The average Bonchev–Trinajstić information content (AvgIpc) is 1.96. The van der Waals surface area contributed by atoms with Gasteiger partial charge in [-0.1, -0.05) is 13.8 Å². The number of carbonyl (C=O) groups is 1. The van der Waals surface area contributed by atoms with Crippen molar-refractivity contribution in [1.29, 1.82) is 0 Å². The van der Waals surface area contributed by atoms with E-state index < -0.39 is 0 Å². The highest BCUT2D eigenvalue weighted by Gasteiger charge is 2.50. The Morgan fingerprint density at radius 2 is 2.00 bits per heavy atom. The van der Waals surface area contributed by atoms with E-state index in [0.717, 1.165) is 6.42 Å². The van der Waals surface area contributed by atoms with Crippen LogP contribution in [0.4, 0.5) is 0 Å². The van der Waals surface area contributed by atoms with Crippen LogP contribution in [0, 0.1) is 5.41 Å². The Balaban J connectivity index is 2.47. The number of hydrogen-bond donors (Lipinski definition) is 0. The van der Waals surface area contributed by atoms with E-state index in [-0.39, 0.29) is 23.6 Å². The lowest BCUT2D eigenvalue weighted by Gasteiger charge is -2.49.